The Labute approximate surface area is 148 Å². The van der Waals surface area contributed by atoms with E-state index in [1.54, 1.807) is 0 Å². The fourth-order valence-corrected chi connectivity index (χ4v) is 3.38. The molecule has 1 aliphatic rings. The number of benzene rings is 1. The number of fused-ring (bicyclic) bond motifs is 1. The van der Waals surface area contributed by atoms with Crippen LogP contribution in [0.1, 0.15) is 38.4 Å². The second-order valence-corrected chi connectivity index (χ2v) is 6.63. The number of likely N-dealkylation sites (tertiary alicyclic amines) is 1. The SMILES string of the molecule is CC(=O)NCCCc1nc2ccccc2n1CC(=O)N1CCCCC1. The Morgan fingerprint density at radius 1 is 1.16 bits per heavy atom. The first kappa shape index (κ1) is 17.5. The third kappa shape index (κ3) is 4.38. The van der Waals surface area contributed by atoms with E-state index in [-0.39, 0.29) is 11.8 Å². The summed E-state index contributed by atoms with van der Waals surface area (Å²) in [7, 11) is 0. The van der Waals surface area contributed by atoms with E-state index in [0.29, 0.717) is 13.1 Å². The average molecular weight is 342 g/mol. The highest BCUT2D eigenvalue weighted by Crippen LogP contribution is 2.18. The minimum atomic E-state index is -0.0196. The Balaban J connectivity index is 1.75. The highest BCUT2D eigenvalue weighted by atomic mass is 16.2. The molecule has 0 spiro atoms. The summed E-state index contributed by atoms with van der Waals surface area (Å²) in [6.45, 7) is 4.22. The topological polar surface area (TPSA) is 67.2 Å². The normalized spacial score (nSPS) is 14.7. The van der Waals surface area contributed by atoms with E-state index >= 15 is 0 Å². The highest BCUT2D eigenvalue weighted by molar-refractivity contribution is 5.81. The van der Waals surface area contributed by atoms with E-state index in [4.69, 9.17) is 4.98 Å². The summed E-state index contributed by atoms with van der Waals surface area (Å²) in [6.07, 6.45) is 4.95. The van der Waals surface area contributed by atoms with Crippen LogP contribution in [0.3, 0.4) is 0 Å². The number of imidazole rings is 1. The average Bonchev–Trinajstić information content (AvgIpc) is 2.97. The van der Waals surface area contributed by atoms with Crippen LogP contribution in [-0.4, -0.2) is 45.9 Å². The Bertz CT molecular complexity index is 747. The zero-order valence-electron chi connectivity index (χ0n) is 14.8. The number of rotatable bonds is 6. The van der Waals surface area contributed by atoms with Crippen molar-refractivity contribution in [3.63, 3.8) is 0 Å². The van der Waals surface area contributed by atoms with E-state index in [1.165, 1.54) is 13.3 Å². The number of piperidine rings is 1. The molecular weight excluding hydrogens is 316 g/mol. The Hall–Kier alpha value is -2.37. The van der Waals surface area contributed by atoms with Crippen molar-refractivity contribution in [2.24, 2.45) is 0 Å². The van der Waals surface area contributed by atoms with E-state index in [2.05, 4.69) is 5.32 Å². The Morgan fingerprint density at radius 2 is 1.92 bits per heavy atom. The maximum Gasteiger partial charge on any atom is 0.242 e. The highest BCUT2D eigenvalue weighted by Gasteiger charge is 2.19. The van der Waals surface area contributed by atoms with E-state index in [1.807, 2.05) is 33.7 Å². The molecule has 1 N–H and O–H groups in total. The summed E-state index contributed by atoms with van der Waals surface area (Å²) in [5.74, 6) is 1.07. The van der Waals surface area contributed by atoms with Gasteiger partial charge in [0.2, 0.25) is 11.8 Å². The van der Waals surface area contributed by atoms with Gasteiger partial charge < -0.3 is 14.8 Å². The number of carbonyl (C=O) groups is 2. The van der Waals surface area contributed by atoms with Gasteiger partial charge in [-0.2, -0.15) is 0 Å². The van der Waals surface area contributed by atoms with Crippen molar-refractivity contribution in [2.75, 3.05) is 19.6 Å². The third-order valence-electron chi connectivity index (χ3n) is 4.69. The van der Waals surface area contributed by atoms with E-state index in [0.717, 1.165) is 55.6 Å². The van der Waals surface area contributed by atoms with Crippen molar-refractivity contribution >= 4 is 22.8 Å². The number of aryl methyl sites for hydroxylation is 1. The number of nitrogens with one attached hydrogen (secondary N) is 1. The van der Waals surface area contributed by atoms with Gasteiger partial charge in [0.1, 0.15) is 12.4 Å². The number of hydrogen-bond donors (Lipinski definition) is 1. The Kier molecular flexibility index (Phi) is 5.68. The molecule has 1 aliphatic heterocycles. The molecule has 134 valence electrons. The molecule has 0 unspecified atom stereocenters. The number of aromatic nitrogens is 2. The molecule has 0 bridgehead atoms. The molecule has 1 aromatic heterocycles. The molecular formula is C19H26N4O2. The van der Waals surface area contributed by atoms with Crippen molar-refractivity contribution in [3.8, 4) is 0 Å². The van der Waals surface area contributed by atoms with Gasteiger partial charge in [0.05, 0.1) is 11.0 Å². The van der Waals surface area contributed by atoms with Gasteiger partial charge in [-0.1, -0.05) is 12.1 Å². The van der Waals surface area contributed by atoms with Crippen LogP contribution >= 0.6 is 0 Å². The van der Waals surface area contributed by atoms with Gasteiger partial charge in [0.25, 0.3) is 0 Å². The Morgan fingerprint density at radius 3 is 2.68 bits per heavy atom. The summed E-state index contributed by atoms with van der Waals surface area (Å²) in [6, 6.07) is 7.94. The van der Waals surface area contributed by atoms with E-state index < -0.39 is 0 Å². The lowest BCUT2D eigenvalue weighted by Crippen LogP contribution is -2.38. The summed E-state index contributed by atoms with van der Waals surface area (Å²) >= 11 is 0. The van der Waals surface area contributed by atoms with Crippen molar-refractivity contribution in [3.05, 3.63) is 30.1 Å². The molecule has 2 heterocycles. The standard InChI is InChI=1S/C19H26N4O2/c1-15(24)20-11-7-10-18-21-16-8-3-4-9-17(16)23(18)14-19(25)22-12-5-2-6-13-22/h3-4,8-9H,2,5-7,10-14H2,1H3,(H,20,24). The largest absolute Gasteiger partial charge is 0.356 e. The van der Waals surface area contributed by atoms with Crippen molar-refractivity contribution in [1.82, 2.24) is 19.8 Å². The molecule has 6 heteroatoms. The van der Waals surface area contributed by atoms with Gasteiger partial charge in [-0.05, 0) is 37.8 Å². The molecule has 2 aromatic rings. The van der Waals surface area contributed by atoms with Gasteiger partial charge in [0, 0.05) is 33.0 Å². The van der Waals surface area contributed by atoms with Crippen LogP contribution in [0.5, 0.6) is 0 Å². The lowest BCUT2D eigenvalue weighted by atomic mass is 10.1. The van der Waals surface area contributed by atoms with Crippen molar-refractivity contribution in [1.29, 1.82) is 0 Å². The second kappa shape index (κ2) is 8.14. The summed E-state index contributed by atoms with van der Waals surface area (Å²) in [4.78, 5) is 30.4. The molecule has 0 aliphatic carbocycles. The smallest absolute Gasteiger partial charge is 0.242 e. The van der Waals surface area contributed by atoms with Gasteiger partial charge in [-0.3, -0.25) is 9.59 Å². The summed E-state index contributed by atoms with van der Waals surface area (Å²) in [5, 5.41) is 2.81. The minimum Gasteiger partial charge on any atom is -0.356 e. The van der Waals surface area contributed by atoms with Gasteiger partial charge in [-0.25, -0.2) is 4.98 Å². The van der Waals surface area contributed by atoms with Crippen LogP contribution in [0, 0.1) is 0 Å². The molecule has 25 heavy (non-hydrogen) atoms. The first-order valence-corrected chi connectivity index (χ1v) is 9.11. The van der Waals surface area contributed by atoms with Crippen LogP contribution in [0.4, 0.5) is 0 Å². The van der Waals surface area contributed by atoms with Gasteiger partial charge in [-0.15, -0.1) is 0 Å². The summed E-state index contributed by atoms with van der Waals surface area (Å²) in [5.41, 5.74) is 1.92. The number of para-hydroxylation sites is 2. The zero-order valence-corrected chi connectivity index (χ0v) is 14.8. The van der Waals surface area contributed by atoms with Crippen LogP contribution < -0.4 is 5.32 Å². The fraction of sp³-hybridized carbons (Fsp3) is 0.526. The molecule has 1 saturated heterocycles. The van der Waals surface area contributed by atoms with Crippen LogP contribution in [0.25, 0.3) is 11.0 Å². The first-order chi connectivity index (χ1) is 12.1. The van der Waals surface area contributed by atoms with Gasteiger partial charge in [0.15, 0.2) is 0 Å². The number of nitrogens with zero attached hydrogens (tertiary/aromatic N) is 3. The van der Waals surface area contributed by atoms with Crippen LogP contribution in [0.15, 0.2) is 24.3 Å². The molecule has 1 fully saturated rings. The maximum absolute atomic E-state index is 12.7. The maximum atomic E-state index is 12.7. The van der Waals surface area contributed by atoms with Crippen molar-refractivity contribution in [2.45, 2.75) is 45.6 Å². The van der Waals surface area contributed by atoms with Crippen LogP contribution in [0.2, 0.25) is 0 Å². The van der Waals surface area contributed by atoms with Crippen molar-refractivity contribution < 1.29 is 9.59 Å². The lowest BCUT2D eigenvalue weighted by molar-refractivity contribution is -0.132. The lowest BCUT2D eigenvalue weighted by Gasteiger charge is -2.27. The molecule has 1 aromatic carbocycles. The zero-order chi connectivity index (χ0) is 17.6. The van der Waals surface area contributed by atoms with E-state index in [9.17, 15) is 9.59 Å². The number of amides is 2. The molecule has 3 rings (SSSR count). The van der Waals surface area contributed by atoms with Gasteiger partial charge >= 0.3 is 0 Å². The third-order valence-corrected chi connectivity index (χ3v) is 4.69. The molecule has 0 radical (unpaired) electrons. The monoisotopic (exact) mass is 342 g/mol. The molecule has 0 atom stereocenters. The van der Waals surface area contributed by atoms with Crippen LogP contribution in [-0.2, 0) is 22.6 Å². The summed E-state index contributed by atoms with van der Waals surface area (Å²) < 4.78 is 2.04. The number of carbonyl (C=O) groups excluding carboxylic acids is 2. The predicted molar refractivity (Wildman–Crippen MR) is 97.2 cm³/mol. The molecule has 0 saturated carbocycles. The molecule has 6 nitrogen and oxygen atoms in total. The predicted octanol–water partition coefficient (Wildman–Crippen LogP) is 2.12. The minimum absolute atomic E-state index is 0.0196. The number of hydrogen-bond acceptors (Lipinski definition) is 3. The quantitative estimate of drug-likeness (QED) is 0.818. The fourth-order valence-electron chi connectivity index (χ4n) is 3.38. The first-order valence-electron chi connectivity index (χ1n) is 9.11. The second-order valence-electron chi connectivity index (χ2n) is 6.63. The molecule has 2 amide bonds.